The molecule has 8 heteroatoms. The van der Waals surface area contributed by atoms with Crippen molar-refractivity contribution in [2.45, 2.75) is 25.3 Å². The van der Waals surface area contributed by atoms with Crippen molar-refractivity contribution in [2.24, 2.45) is 0 Å². The predicted octanol–water partition coefficient (Wildman–Crippen LogP) is 4.32. The maximum atomic E-state index is 13.5. The first-order chi connectivity index (χ1) is 19.5. The highest BCUT2D eigenvalue weighted by atomic mass is 16.5. The minimum Gasteiger partial charge on any atom is -0.493 e. The largest absolute Gasteiger partial charge is 0.493 e. The van der Waals surface area contributed by atoms with E-state index in [9.17, 15) is 9.90 Å². The Balaban J connectivity index is 1.68. The molecule has 4 rings (SSSR count). The first kappa shape index (κ1) is 28.6. The summed E-state index contributed by atoms with van der Waals surface area (Å²) >= 11 is 0. The first-order valence-corrected chi connectivity index (χ1v) is 13.0. The number of carbonyl (C=O) groups is 1. The number of carbonyl (C=O) groups excluding carboxylic acids is 1. The second-order valence-corrected chi connectivity index (χ2v) is 9.26. The molecule has 0 saturated heterocycles. The van der Waals surface area contributed by atoms with E-state index in [1.165, 1.54) is 0 Å². The highest BCUT2D eigenvalue weighted by molar-refractivity contribution is 5.96. The average molecular weight is 543 g/mol. The molecule has 0 aliphatic heterocycles. The molecule has 0 saturated carbocycles. The number of benzene rings is 3. The summed E-state index contributed by atoms with van der Waals surface area (Å²) in [7, 11) is 4.64. The van der Waals surface area contributed by atoms with E-state index < -0.39 is 6.04 Å². The van der Waals surface area contributed by atoms with Crippen LogP contribution >= 0.6 is 0 Å². The second kappa shape index (κ2) is 13.6. The van der Waals surface area contributed by atoms with Gasteiger partial charge in [-0.05, 0) is 65.9 Å². The Labute approximate surface area is 233 Å². The van der Waals surface area contributed by atoms with Gasteiger partial charge in [0.05, 0.1) is 34.0 Å². The summed E-state index contributed by atoms with van der Waals surface area (Å²) in [5.41, 5.74) is 4.54. The fraction of sp³-hybridized carbons (Fsp3) is 0.281. The van der Waals surface area contributed by atoms with Crippen LogP contribution in [0.15, 0.2) is 60.8 Å². The molecule has 1 atom stereocenters. The number of aliphatic hydroxyl groups is 2. The van der Waals surface area contributed by atoms with Crippen LogP contribution in [0.2, 0.25) is 0 Å². The van der Waals surface area contributed by atoms with Crippen LogP contribution in [0.25, 0.3) is 22.0 Å². The van der Waals surface area contributed by atoms with Crippen LogP contribution in [-0.2, 0) is 6.42 Å². The Kier molecular flexibility index (Phi) is 9.68. The molecule has 1 amide bonds. The monoisotopic (exact) mass is 542 g/mol. The Morgan fingerprint density at radius 1 is 0.975 bits per heavy atom. The Morgan fingerprint density at radius 2 is 1.70 bits per heavy atom. The molecule has 8 nitrogen and oxygen atoms in total. The number of unbranched alkanes of at least 4 members (excludes halogenated alkanes) is 1. The van der Waals surface area contributed by atoms with Crippen LogP contribution in [0, 0.1) is 11.8 Å². The number of aliphatic hydroxyl groups excluding tert-OH is 2. The smallest absolute Gasteiger partial charge is 0.251 e. The molecule has 4 N–H and O–H groups in total. The van der Waals surface area contributed by atoms with Crippen molar-refractivity contribution < 1.29 is 29.2 Å². The minimum atomic E-state index is -0.490. The molecular formula is C32H34N2O6. The molecular weight excluding hydrogens is 508 g/mol. The lowest BCUT2D eigenvalue weighted by atomic mass is 9.98. The quantitative estimate of drug-likeness (QED) is 0.166. The van der Waals surface area contributed by atoms with Gasteiger partial charge in [-0.15, -0.1) is 0 Å². The normalized spacial score (nSPS) is 11.4. The molecule has 208 valence electrons. The van der Waals surface area contributed by atoms with Crippen LogP contribution in [0.4, 0.5) is 0 Å². The maximum absolute atomic E-state index is 13.5. The molecule has 0 spiro atoms. The lowest BCUT2D eigenvalue weighted by Crippen LogP contribution is -2.39. The zero-order valence-corrected chi connectivity index (χ0v) is 22.9. The Hall–Kier alpha value is -4.45. The van der Waals surface area contributed by atoms with E-state index in [4.69, 9.17) is 19.3 Å². The van der Waals surface area contributed by atoms with Crippen molar-refractivity contribution in [3.8, 4) is 40.2 Å². The molecule has 0 unspecified atom stereocenters. The number of hydrogen-bond acceptors (Lipinski definition) is 6. The third-order valence-electron chi connectivity index (χ3n) is 6.58. The fourth-order valence-electron chi connectivity index (χ4n) is 4.57. The second-order valence-electron chi connectivity index (χ2n) is 9.26. The van der Waals surface area contributed by atoms with E-state index >= 15 is 0 Å². The van der Waals surface area contributed by atoms with E-state index in [1.807, 2.05) is 48.7 Å². The van der Waals surface area contributed by atoms with Crippen LogP contribution in [0.5, 0.6) is 17.2 Å². The third-order valence-corrected chi connectivity index (χ3v) is 6.58. The molecule has 0 bridgehead atoms. The summed E-state index contributed by atoms with van der Waals surface area (Å²) < 4.78 is 16.5. The Morgan fingerprint density at radius 3 is 2.38 bits per heavy atom. The molecule has 1 aromatic heterocycles. The zero-order chi connectivity index (χ0) is 28.5. The highest BCUT2D eigenvalue weighted by Gasteiger charge is 2.19. The summed E-state index contributed by atoms with van der Waals surface area (Å²) in [5.74, 6) is 7.28. The molecule has 3 aromatic carbocycles. The number of ether oxygens (including phenoxy) is 3. The lowest BCUT2D eigenvalue weighted by molar-refractivity contribution is 0.0916. The third kappa shape index (κ3) is 6.57. The van der Waals surface area contributed by atoms with Gasteiger partial charge in [-0.3, -0.25) is 4.79 Å². The first-order valence-electron chi connectivity index (χ1n) is 13.0. The SMILES string of the molecule is COc1cc(-c2cc(C#CCCCO)cc(C(=O)N[C@@H](CO)Cc3c[nH]c4ccccc34)c2)cc(OC)c1OC. The van der Waals surface area contributed by atoms with Crippen LogP contribution in [0.1, 0.15) is 34.3 Å². The van der Waals surface area contributed by atoms with Gasteiger partial charge in [-0.25, -0.2) is 0 Å². The summed E-state index contributed by atoms with van der Waals surface area (Å²) in [6.07, 6.45) is 3.47. The summed E-state index contributed by atoms with van der Waals surface area (Å²) in [6.45, 7) is -0.154. The fourth-order valence-corrected chi connectivity index (χ4v) is 4.57. The predicted molar refractivity (Wildman–Crippen MR) is 155 cm³/mol. The lowest BCUT2D eigenvalue weighted by Gasteiger charge is -2.17. The van der Waals surface area contributed by atoms with Gasteiger partial charge in [0, 0.05) is 41.3 Å². The van der Waals surface area contributed by atoms with E-state index in [0.29, 0.717) is 47.6 Å². The van der Waals surface area contributed by atoms with Crippen molar-refractivity contribution in [1.29, 1.82) is 0 Å². The number of hydrogen-bond donors (Lipinski definition) is 4. The van der Waals surface area contributed by atoms with Gasteiger partial charge in [0.2, 0.25) is 5.75 Å². The number of H-pyrrole nitrogens is 1. The van der Waals surface area contributed by atoms with Crippen molar-refractivity contribution in [2.75, 3.05) is 34.5 Å². The molecule has 1 heterocycles. The number of para-hydroxylation sites is 1. The number of amides is 1. The zero-order valence-electron chi connectivity index (χ0n) is 22.9. The van der Waals surface area contributed by atoms with Gasteiger partial charge in [-0.1, -0.05) is 30.0 Å². The number of nitrogens with one attached hydrogen (secondary N) is 2. The topological polar surface area (TPSA) is 113 Å². The molecule has 40 heavy (non-hydrogen) atoms. The number of fused-ring (bicyclic) bond motifs is 1. The maximum Gasteiger partial charge on any atom is 0.251 e. The Bertz CT molecular complexity index is 1510. The average Bonchev–Trinajstić information content (AvgIpc) is 3.40. The van der Waals surface area contributed by atoms with Gasteiger partial charge in [0.1, 0.15) is 0 Å². The summed E-state index contributed by atoms with van der Waals surface area (Å²) in [5, 5.41) is 23.2. The summed E-state index contributed by atoms with van der Waals surface area (Å²) in [4.78, 5) is 16.7. The molecule has 0 radical (unpaired) electrons. The van der Waals surface area contributed by atoms with Crippen LogP contribution in [0.3, 0.4) is 0 Å². The van der Waals surface area contributed by atoms with Crippen molar-refractivity contribution in [3.05, 3.63) is 77.5 Å². The molecule has 0 fully saturated rings. The standard InChI is InChI=1S/C32H34N2O6/c1-38-29-17-23(18-30(39-2)31(29)40-3)22-13-21(9-5-4-8-12-35)14-24(15-22)32(37)34-26(20-36)16-25-19-33-28-11-7-6-10-27(25)28/h6-7,10-11,13-15,17-19,26,33,35-36H,4,8,12,16,20H2,1-3H3,(H,34,37)/t26-/m1/s1. The number of aromatic amines is 1. The molecule has 4 aromatic rings. The minimum absolute atomic E-state index is 0.0623. The molecule has 0 aliphatic carbocycles. The number of rotatable bonds is 11. The van der Waals surface area contributed by atoms with E-state index in [2.05, 4.69) is 22.1 Å². The van der Waals surface area contributed by atoms with Gasteiger partial charge < -0.3 is 34.7 Å². The highest BCUT2D eigenvalue weighted by Crippen LogP contribution is 2.41. The van der Waals surface area contributed by atoms with Gasteiger partial charge in [0.15, 0.2) is 11.5 Å². The van der Waals surface area contributed by atoms with E-state index in [1.54, 1.807) is 33.5 Å². The van der Waals surface area contributed by atoms with E-state index in [-0.39, 0.29) is 19.1 Å². The number of aromatic nitrogens is 1. The van der Waals surface area contributed by atoms with Crippen molar-refractivity contribution >= 4 is 16.8 Å². The van der Waals surface area contributed by atoms with Crippen LogP contribution in [-0.4, -0.2) is 61.7 Å². The van der Waals surface area contributed by atoms with Gasteiger partial charge in [-0.2, -0.15) is 0 Å². The van der Waals surface area contributed by atoms with Gasteiger partial charge >= 0.3 is 0 Å². The van der Waals surface area contributed by atoms with Crippen molar-refractivity contribution in [3.63, 3.8) is 0 Å². The number of methoxy groups -OCH3 is 3. The van der Waals surface area contributed by atoms with Crippen LogP contribution < -0.4 is 19.5 Å². The van der Waals surface area contributed by atoms with Gasteiger partial charge in [0.25, 0.3) is 5.91 Å². The van der Waals surface area contributed by atoms with Crippen molar-refractivity contribution in [1.82, 2.24) is 10.3 Å². The molecule has 0 aliphatic rings. The van der Waals surface area contributed by atoms with E-state index in [0.717, 1.165) is 27.6 Å². The summed E-state index contributed by atoms with van der Waals surface area (Å²) in [6, 6.07) is 16.4.